The first-order valence-electron chi connectivity index (χ1n) is 5.54. The van der Waals surface area contributed by atoms with Gasteiger partial charge < -0.3 is 10.6 Å². The molecule has 0 saturated carbocycles. The van der Waals surface area contributed by atoms with Crippen LogP contribution in [0.25, 0.3) is 0 Å². The third-order valence-corrected chi connectivity index (χ3v) is 4.18. The molecule has 0 unspecified atom stereocenters. The van der Waals surface area contributed by atoms with Crippen LogP contribution in [0.3, 0.4) is 0 Å². The number of anilines is 1. The lowest BCUT2D eigenvalue weighted by Gasteiger charge is -2.18. The van der Waals surface area contributed by atoms with Gasteiger partial charge in [-0.1, -0.05) is 0 Å². The Morgan fingerprint density at radius 2 is 2.06 bits per heavy atom. The van der Waals surface area contributed by atoms with E-state index in [1.54, 1.807) is 0 Å². The molecule has 0 radical (unpaired) electrons. The summed E-state index contributed by atoms with van der Waals surface area (Å²) in [5.41, 5.74) is 6.64. The summed E-state index contributed by atoms with van der Waals surface area (Å²) in [6.07, 6.45) is 0. The Bertz CT molecular complexity index is 394. The number of hydrogen-bond acceptors (Lipinski definition) is 3. The molecule has 3 nitrogen and oxygen atoms in total. The van der Waals surface area contributed by atoms with E-state index in [0.717, 1.165) is 27.2 Å². The van der Waals surface area contributed by atoms with Gasteiger partial charge >= 0.3 is 0 Å². The minimum Gasteiger partial charge on any atom is -0.398 e. The molecule has 0 heterocycles. The normalized spacial score (nSPS) is 10.3. The molecule has 0 aliphatic rings. The van der Waals surface area contributed by atoms with E-state index in [4.69, 9.17) is 5.73 Å². The van der Waals surface area contributed by atoms with E-state index in [-0.39, 0.29) is 5.91 Å². The van der Waals surface area contributed by atoms with E-state index in [1.165, 1.54) is 11.8 Å². The highest BCUT2D eigenvalue weighted by molar-refractivity contribution is 14.1. The predicted octanol–water partition coefficient (Wildman–Crippen LogP) is 2.83. The van der Waals surface area contributed by atoms with Gasteiger partial charge in [0.15, 0.2) is 0 Å². The van der Waals surface area contributed by atoms with Crippen molar-refractivity contribution in [2.24, 2.45) is 0 Å². The molecule has 0 fully saturated rings. The lowest BCUT2D eigenvalue weighted by molar-refractivity contribution is -0.127. The molecule has 5 heteroatoms. The Morgan fingerprint density at radius 3 is 2.59 bits per heavy atom. The summed E-state index contributed by atoms with van der Waals surface area (Å²) in [6, 6.07) is 5.89. The summed E-state index contributed by atoms with van der Waals surface area (Å²) in [5.74, 6) is 0.616. The molecule has 2 N–H and O–H groups in total. The van der Waals surface area contributed by atoms with Crippen molar-refractivity contribution in [1.82, 2.24) is 4.90 Å². The number of nitrogen functional groups attached to an aromatic ring is 1. The van der Waals surface area contributed by atoms with Crippen molar-refractivity contribution in [1.29, 1.82) is 0 Å². The van der Waals surface area contributed by atoms with Crippen LogP contribution in [0.2, 0.25) is 0 Å². The van der Waals surface area contributed by atoms with Crippen LogP contribution in [0.1, 0.15) is 13.8 Å². The molecule has 0 aliphatic carbocycles. The molecular formula is C12H17IN2OS. The third kappa shape index (κ3) is 4.39. The minimum atomic E-state index is 0.165. The standard InChI is InChI=1S/C12H17IN2OS/c1-3-15(4-2)12(16)8-17-11-6-5-9(13)7-10(11)14/h5-7H,3-4,8,14H2,1-2H3. The van der Waals surface area contributed by atoms with Crippen molar-refractivity contribution in [2.45, 2.75) is 18.7 Å². The number of rotatable bonds is 5. The van der Waals surface area contributed by atoms with E-state index in [1.807, 2.05) is 36.9 Å². The van der Waals surface area contributed by atoms with Crippen LogP contribution in [-0.4, -0.2) is 29.6 Å². The number of amides is 1. The fourth-order valence-electron chi connectivity index (χ4n) is 1.46. The van der Waals surface area contributed by atoms with Crippen LogP contribution in [0.5, 0.6) is 0 Å². The maximum absolute atomic E-state index is 11.8. The zero-order valence-corrected chi connectivity index (χ0v) is 13.0. The van der Waals surface area contributed by atoms with Gasteiger partial charge in [-0.3, -0.25) is 4.79 Å². The minimum absolute atomic E-state index is 0.165. The second-order valence-corrected chi connectivity index (χ2v) is 5.80. The monoisotopic (exact) mass is 364 g/mol. The van der Waals surface area contributed by atoms with E-state index in [9.17, 15) is 4.79 Å². The first-order chi connectivity index (χ1) is 8.08. The first-order valence-corrected chi connectivity index (χ1v) is 7.60. The number of thioether (sulfide) groups is 1. The first kappa shape index (κ1) is 14.6. The molecule has 94 valence electrons. The van der Waals surface area contributed by atoms with E-state index < -0.39 is 0 Å². The van der Waals surface area contributed by atoms with Gasteiger partial charge in [0.2, 0.25) is 5.91 Å². The lowest BCUT2D eigenvalue weighted by Crippen LogP contribution is -2.31. The van der Waals surface area contributed by atoms with Gasteiger partial charge in [0.1, 0.15) is 0 Å². The van der Waals surface area contributed by atoms with E-state index in [2.05, 4.69) is 22.6 Å². The fourth-order valence-corrected chi connectivity index (χ4v) is 2.82. The summed E-state index contributed by atoms with van der Waals surface area (Å²) in [4.78, 5) is 14.6. The molecule has 0 spiro atoms. The molecule has 0 aliphatic heterocycles. The number of carbonyl (C=O) groups excluding carboxylic acids is 1. The number of nitrogens with zero attached hydrogens (tertiary/aromatic N) is 1. The van der Waals surface area contributed by atoms with Crippen LogP contribution in [0.4, 0.5) is 5.69 Å². The Balaban J connectivity index is 2.58. The van der Waals surface area contributed by atoms with Crippen molar-refractivity contribution < 1.29 is 4.79 Å². The Hall–Kier alpha value is -0.430. The maximum Gasteiger partial charge on any atom is 0.232 e. The average Bonchev–Trinajstić information content (AvgIpc) is 2.29. The maximum atomic E-state index is 11.8. The second-order valence-electron chi connectivity index (χ2n) is 3.54. The topological polar surface area (TPSA) is 46.3 Å². The van der Waals surface area contributed by atoms with Crippen LogP contribution < -0.4 is 5.73 Å². The van der Waals surface area contributed by atoms with Gasteiger partial charge in [0.05, 0.1) is 5.75 Å². The zero-order chi connectivity index (χ0) is 12.8. The van der Waals surface area contributed by atoms with Gasteiger partial charge in [0.25, 0.3) is 0 Å². The number of hydrogen-bond donors (Lipinski definition) is 1. The quantitative estimate of drug-likeness (QED) is 0.497. The average molecular weight is 364 g/mol. The van der Waals surface area contributed by atoms with Crippen LogP contribution in [0.15, 0.2) is 23.1 Å². The Kier molecular flexibility index (Phi) is 6.11. The van der Waals surface area contributed by atoms with Gasteiger partial charge in [-0.05, 0) is 54.6 Å². The molecule has 0 bridgehead atoms. The van der Waals surface area contributed by atoms with Crippen molar-refractivity contribution in [3.05, 3.63) is 21.8 Å². The third-order valence-electron chi connectivity index (χ3n) is 2.44. The van der Waals surface area contributed by atoms with Crippen molar-refractivity contribution in [3.63, 3.8) is 0 Å². The molecule has 0 saturated heterocycles. The molecule has 1 aromatic carbocycles. The summed E-state index contributed by atoms with van der Waals surface area (Å²) >= 11 is 3.73. The van der Waals surface area contributed by atoms with Crippen LogP contribution in [0, 0.1) is 3.57 Å². The Morgan fingerprint density at radius 1 is 1.41 bits per heavy atom. The molecule has 1 aromatic rings. The summed E-state index contributed by atoms with van der Waals surface area (Å²) in [5, 5.41) is 0. The van der Waals surface area contributed by atoms with Gasteiger partial charge in [-0.15, -0.1) is 11.8 Å². The van der Waals surface area contributed by atoms with Gasteiger partial charge in [-0.2, -0.15) is 0 Å². The van der Waals surface area contributed by atoms with E-state index in [0.29, 0.717) is 5.75 Å². The summed E-state index contributed by atoms with van der Waals surface area (Å²) in [7, 11) is 0. The van der Waals surface area contributed by atoms with Crippen molar-refractivity contribution in [2.75, 3.05) is 24.6 Å². The van der Waals surface area contributed by atoms with E-state index >= 15 is 0 Å². The predicted molar refractivity (Wildman–Crippen MR) is 82.2 cm³/mol. The van der Waals surface area contributed by atoms with Crippen molar-refractivity contribution in [3.8, 4) is 0 Å². The summed E-state index contributed by atoms with van der Waals surface area (Å²) < 4.78 is 1.11. The molecule has 1 rings (SSSR count). The Labute approximate surface area is 120 Å². The van der Waals surface area contributed by atoms with Crippen LogP contribution in [-0.2, 0) is 4.79 Å². The SMILES string of the molecule is CCN(CC)C(=O)CSc1ccc(I)cc1N. The number of halogens is 1. The smallest absolute Gasteiger partial charge is 0.232 e. The number of carbonyl (C=O) groups is 1. The molecule has 17 heavy (non-hydrogen) atoms. The highest BCUT2D eigenvalue weighted by atomic mass is 127. The number of nitrogens with two attached hydrogens (primary N) is 1. The van der Waals surface area contributed by atoms with Crippen LogP contribution >= 0.6 is 34.4 Å². The largest absolute Gasteiger partial charge is 0.398 e. The lowest BCUT2D eigenvalue weighted by atomic mass is 10.3. The second kappa shape index (κ2) is 7.10. The van der Waals surface area contributed by atoms with Gasteiger partial charge in [0, 0.05) is 27.2 Å². The number of benzene rings is 1. The molecule has 0 aromatic heterocycles. The zero-order valence-electron chi connectivity index (χ0n) is 10.1. The van der Waals surface area contributed by atoms with Crippen molar-refractivity contribution >= 4 is 45.9 Å². The molecular weight excluding hydrogens is 347 g/mol. The van der Waals surface area contributed by atoms with Gasteiger partial charge in [-0.25, -0.2) is 0 Å². The highest BCUT2D eigenvalue weighted by Crippen LogP contribution is 2.26. The molecule has 0 atom stereocenters. The highest BCUT2D eigenvalue weighted by Gasteiger charge is 2.10. The fraction of sp³-hybridized carbons (Fsp3) is 0.417. The summed E-state index contributed by atoms with van der Waals surface area (Å²) in [6.45, 7) is 5.51. The molecule has 1 amide bonds.